The van der Waals surface area contributed by atoms with E-state index in [0.717, 1.165) is 67.7 Å². The highest BCUT2D eigenvalue weighted by molar-refractivity contribution is 6.00. The van der Waals surface area contributed by atoms with E-state index in [1.165, 1.54) is 19.3 Å². The molecule has 1 aliphatic heterocycles. The molecular weight excluding hydrogens is 410 g/mol. The minimum atomic E-state index is -0.00111. The van der Waals surface area contributed by atoms with Crippen LogP contribution in [-0.4, -0.2) is 48.4 Å². The van der Waals surface area contributed by atoms with E-state index in [1.807, 2.05) is 49.4 Å². The summed E-state index contributed by atoms with van der Waals surface area (Å²) in [5.41, 5.74) is 3.65. The van der Waals surface area contributed by atoms with E-state index in [0.29, 0.717) is 6.04 Å². The summed E-state index contributed by atoms with van der Waals surface area (Å²) in [6.07, 6.45) is 7.71. The minimum absolute atomic E-state index is 0.00111. The predicted octanol–water partition coefficient (Wildman–Crippen LogP) is 5.19. The van der Waals surface area contributed by atoms with Crippen LogP contribution in [-0.2, 0) is 0 Å². The van der Waals surface area contributed by atoms with Gasteiger partial charge in [0.1, 0.15) is 0 Å². The molecule has 2 aromatic rings. The van der Waals surface area contributed by atoms with Crippen LogP contribution in [0.3, 0.4) is 0 Å². The number of benzene rings is 2. The van der Waals surface area contributed by atoms with E-state index in [1.54, 1.807) is 0 Å². The molecule has 1 N–H and O–H groups in total. The lowest BCUT2D eigenvalue weighted by Crippen LogP contribution is -2.46. The largest absolute Gasteiger partial charge is 0.371 e. The van der Waals surface area contributed by atoms with Crippen molar-refractivity contribution in [3.8, 4) is 0 Å². The Morgan fingerprint density at radius 1 is 0.970 bits per heavy atom. The second-order valence-electron chi connectivity index (χ2n) is 9.50. The van der Waals surface area contributed by atoms with Crippen molar-refractivity contribution in [1.29, 1.82) is 0 Å². The van der Waals surface area contributed by atoms with Crippen molar-refractivity contribution in [1.82, 2.24) is 10.2 Å². The summed E-state index contributed by atoms with van der Waals surface area (Å²) >= 11 is 0. The van der Waals surface area contributed by atoms with E-state index in [-0.39, 0.29) is 17.9 Å². The summed E-state index contributed by atoms with van der Waals surface area (Å²) in [4.78, 5) is 30.6. The highest BCUT2D eigenvalue weighted by Crippen LogP contribution is 2.29. The average molecular weight is 448 g/mol. The Bertz CT molecular complexity index is 959. The number of hydrogen-bond acceptors (Lipinski definition) is 3. The Kier molecular flexibility index (Phi) is 7.69. The number of amides is 2. The van der Waals surface area contributed by atoms with Crippen LogP contribution < -0.4 is 10.2 Å². The van der Waals surface area contributed by atoms with Gasteiger partial charge in [0.2, 0.25) is 0 Å². The molecule has 0 unspecified atom stereocenters. The number of piperidine rings is 1. The molecule has 33 heavy (non-hydrogen) atoms. The maximum atomic E-state index is 13.6. The van der Waals surface area contributed by atoms with Gasteiger partial charge in [0.25, 0.3) is 11.8 Å². The SMILES string of the molecule is CCN(C(=O)c1ccccc1N1CCC(NC(=O)c2cccc(C)c2)CC1)C1CCCCC1. The lowest BCUT2D eigenvalue weighted by molar-refractivity contribution is 0.0648. The predicted molar refractivity (Wildman–Crippen MR) is 134 cm³/mol. The number of nitrogens with zero attached hydrogens (tertiary/aromatic N) is 2. The van der Waals surface area contributed by atoms with E-state index < -0.39 is 0 Å². The molecule has 0 spiro atoms. The van der Waals surface area contributed by atoms with Crippen molar-refractivity contribution >= 4 is 17.5 Å². The first-order valence-electron chi connectivity index (χ1n) is 12.6. The molecule has 0 bridgehead atoms. The lowest BCUT2D eigenvalue weighted by Gasteiger charge is -2.37. The van der Waals surface area contributed by atoms with Crippen LogP contribution in [0.15, 0.2) is 48.5 Å². The van der Waals surface area contributed by atoms with Gasteiger partial charge >= 0.3 is 0 Å². The highest BCUT2D eigenvalue weighted by Gasteiger charge is 2.29. The van der Waals surface area contributed by atoms with Crippen molar-refractivity contribution in [2.45, 2.75) is 70.9 Å². The molecule has 2 fully saturated rings. The summed E-state index contributed by atoms with van der Waals surface area (Å²) in [5.74, 6) is 0.161. The number of carbonyl (C=O) groups is 2. The molecule has 2 aromatic carbocycles. The van der Waals surface area contributed by atoms with Gasteiger partial charge in [-0.1, -0.05) is 49.1 Å². The third kappa shape index (κ3) is 5.58. The van der Waals surface area contributed by atoms with Crippen molar-refractivity contribution < 1.29 is 9.59 Å². The fourth-order valence-electron chi connectivity index (χ4n) is 5.37. The number of para-hydroxylation sites is 1. The second-order valence-corrected chi connectivity index (χ2v) is 9.50. The lowest BCUT2D eigenvalue weighted by atomic mass is 9.93. The molecule has 0 atom stereocenters. The maximum Gasteiger partial charge on any atom is 0.256 e. The van der Waals surface area contributed by atoms with Crippen LogP contribution in [0.2, 0.25) is 0 Å². The van der Waals surface area contributed by atoms with Gasteiger partial charge in [-0.2, -0.15) is 0 Å². The number of carbonyl (C=O) groups excluding carboxylic acids is 2. The fourth-order valence-corrected chi connectivity index (χ4v) is 5.37. The molecule has 5 heteroatoms. The van der Waals surface area contributed by atoms with Crippen molar-refractivity contribution in [3.63, 3.8) is 0 Å². The van der Waals surface area contributed by atoms with Crippen molar-refractivity contribution in [2.24, 2.45) is 0 Å². The quantitative estimate of drug-likeness (QED) is 0.663. The standard InChI is InChI=1S/C28H37N3O2/c1-3-31(24-12-5-4-6-13-24)28(33)25-14-7-8-15-26(25)30-18-16-23(17-19-30)29-27(32)22-11-9-10-21(2)20-22/h7-11,14-15,20,23-24H,3-6,12-13,16-19H2,1-2H3,(H,29,32). The summed E-state index contributed by atoms with van der Waals surface area (Å²) in [6.45, 7) is 6.52. The number of rotatable bonds is 6. The Morgan fingerprint density at radius 2 is 1.70 bits per heavy atom. The number of aryl methyl sites for hydroxylation is 1. The zero-order valence-electron chi connectivity index (χ0n) is 20.1. The van der Waals surface area contributed by atoms with Gasteiger partial charge in [0.05, 0.1) is 5.56 Å². The zero-order valence-corrected chi connectivity index (χ0v) is 20.1. The highest BCUT2D eigenvalue weighted by atomic mass is 16.2. The summed E-state index contributed by atoms with van der Waals surface area (Å²) < 4.78 is 0. The van der Waals surface area contributed by atoms with E-state index in [9.17, 15) is 9.59 Å². The van der Waals surface area contributed by atoms with Gasteiger partial charge in [-0.15, -0.1) is 0 Å². The van der Waals surface area contributed by atoms with Crippen LogP contribution in [0.5, 0.6) is 0 Å². The van der Waals surface area contributed by atoms with E-state index >= 15 is 0 Å². The van der Waals surface area contributed by atoms with E-state index in [4.69, 9.17) is 0 Å². The normalized spacial score (nSPS) is 17.6. The van der Waals surface area contributed by atoms with Crippen LogP contribution in [0.4, 0.5) is 5.69 Å². The van der Waals surface area contributed by atoms with Gasteiger partial charge in [0, 0.05) is 43.0 Å². The monoisotopic (exact) mass is 447 g/mol. The zero-order chi connectivity index (χ0) is 23.2. The molecular formula is C28H37N3O2. The van der Waals surface area contributed by atoms with Crippen LogP contribution in [0.25, 0.3) is 0 Å². The Hall–Kier alpha value is -2.82. The third-order valence-electron chi connectivity index (χ3n) is 7.20. The molecule has 2 aliphatic rings. The van der Waals surface area contributed by atoms with Gasteiger partial charge in [-0.3, -0.25) is 9.59 Å². The molecule has 176 valence electrons. The summed E-state index contributed by atoms with van der Waals surface area (Å²) in [5, 5.41) is 3.20. The topological polar surface area (TPSA) is 52.7 Å². The second kappa shape index (κ2) is 10.9. The number of anilines is 1. The van der Waals surface area contributed by atoms with Gasteiger partial charge in [0.15, 0.2) is 0 Å². The molecule has 1 heterocycles. The summed E-state index contributed by atoms with van der Waals surface area (Å²) in [6, 6.07) is 16.3. The van der Waals surface area contributed by atoms with E-state index in [2.05, 4.69) is 28.1 Å². The molecule has 0 aromatic heterocycles. The molecule has 1 aliphatic carbocycles. The molecule has 1 saturated heterocycles. The first-order valence-corrected chi connectivity index (χ1v) is 12.6. The average Bonchev–Trinajstić information content (AvgIpc) is 2.85. The molecule has 0 radical (unpaired) electrons. The smallest absolute Gasteiger partial charge is 0.256 e. The van der Waals surface area contributed by atoms with Crippen LogP contribution >= 0.6 is 0 Å². The van der Waals surface area contributed by atoms with Gasteiger partial charge in [-0.05, 0) is 63.8 Å². The molecule has 1 saturated carbocycles. The Balaban J connectivity index is 1.40. The first kappa shape index (κ1) is 23.3. The Labute approximate surface area is 198 Å². The molecule has 4 rings (SSSR count). The van der Waals surface area contributed by atoms with Crippen LogP contribution in [0.1, 0.15) is 78.1 Å². The number of hydrogen-bond donors (Lipinski definition) is 1. The summed E-state index contributed by atoms with van der Waals surface area (Å²) in [7, 11) is 0. The van der Waals surface area contributed by atoms with Crippen molar-refractivity contribution in [2.75, 3.05) is 24.5 Å². The molecule has 2 amide bonds. The molecule has 5 nitrogen and oxygen atoms in total. The first-order chi connectivity index (χ1) is 16.1. The minimum Gasteiger partial charge on any atom is -0.371 e. The van der Waals surface area contributed by atoms with Gasteiger partial charge in [-0.25, -0.2) is 0 Å². The fraction of sp³-hybridized carbons (Fsp3) is 0.500. The van der Waals surface area contributed by atoms with Crippen LogP contribution in [0, 0.1) is 6.92 Å². The van der Waals surface area contributed by atoms with Gasteiger partial charge < -0.3 is 15.1 Å². The Morgan fingerprint density at radius 3 is 2.39 bits per heavy atom. The maximum absolute atomic E-state index is 13.6. The third-order valence-corrected chi connectivity index (χ3v) is 7.20. The van der Waals surface area contributed by atoms with Crippen molar-refractivity contribution in [3.05, 3.63) is 65.2 Å². The number of nitrogens with one attached hydrogen (secondary N) is 1.